The number of hydrogen-bond donors (Lipinski definition) is 2. The van der Waals surface area contributed by atoms with E-state index >= 15 is 0 Å². The van der Waals surface area contributed by atoms with Crippen molar-refractivity contribution in [3.63, 3.8) is 0 Å². The Morgan fingerprint density at radius 3 is 1.97 bits per heavy atom. The van der Waals surface area contributed by atoms with Crippen LogP contribution in [0.4, 0.5) is 11.6 Å². The van der Waals surface area contributed by atoms with E-state index in [1.54, 1.807) is 32.0 Å². The van der Waals surface area contributed by atoms with Gasteiger partial charge in [-0.2, -0.15) is 0 Å². The van der Waals surface area contributed by atoms with Gasteiger partial charge in [-0.3, -0.25) is 4.72 Å². The molecular formula is C25H22N4O4S2. The van der Waals surface area contributed by atoms with Crippen LogP contribution in [0.1, 0.15) is 22.5 Å². The normalized spacial score (nSPS) is 12.6. The molecule has 35 heavy (non-hydrogen) atoms. The smallest absolute Gasteiger partial charge is 0.264 e. The SMILES string of the molecule is Cc1cc(C)nc(NS(=O)(=O)c2ccc(NS(=O)(=O)c3ccc4c(c3)Cc3ccccc3-4)cc2)n1. The van der Waals surface area contributed by atoms with E-state index in [-0.39, 0.29) is 21.4 Å². The minimum absolute atomic E-state index is 0.0222. The van der Waals surface area contributed by atoms with Crippen molar-refractivity contribution < 1.29 is 16.8 Å². The van der Waals surface area contributed by atoms with E-state index in [9.17, 15) is 16.8 Å². The van der Waals surface area contributed by atoms with E-state index in [2.05, 4.69) is 19.4 Å². The first-order chi connectivity index (χ1) is 16.6. The maximum absolute atomic E-state index is 13.0. The molecule has 3 aromatic carbocycles. The molecule has 2 N–H and O–H groups in total. The van der Waals surface area contributed by atoms with Gasteiger partial charge in [0.2, 0.25) is 5.95 Å². The van der Waals surface area contributed by atoms with Crippen LogP contribution in [-0.4, -0.2) is 26.8 Å². The number of hydrogen-bond acceptors (Lipinski definition) is 6. The van der Waals surface area contributed by atoms with E-state index in [1.807, 2.05) is 30.3 Å². The summed E-state index contributed by atoms with van der Waals surface area (Å²) in [7, 11) is -7.81. The van der Waals surface area contributed by atoms with Crippen LogP contribution in [-0.2, 0) is 26.5 Å². The maximum atomic E-state index is 13.0. The van der Waals surface area contributed by atoms with Gasteiger partial charge >= 0.3 is 0 Å². The van der Waals surface area contributed by atoms with Crippen molar-refractivity contribution in [2.24, 2.45) is 0 Å². The maximum Gasteiger partial charge on any atom is 0.264 e. The van der Waals surface area contributed by atoms with E-state index in [0.29, 0.717) is 17.8 Å². The lowest BCUT2D eigenvalue weighted by Crippen LogP contribution is -2.16. The van der Waals surface area contributed by atoms with Crippen LogP contribution < -0.4 is 9.44 Å². The molecule has 1 aliphatic carbocycles. The van der Waals surface area contributed by atoms with Gasteiger partial charge in [-0.15, -0.1) is 0 Å². The lowest BCUT2D eigenvalue weighted by Gasteiger charge is -2.11. The van der Waals surface area contributed by atoms with Crippen LogP contribution in [0.3, 0.4) is 0 Å². The Kier molecular flexibility index (Phi) is 5.57. The summed E-state index contributed by atoms with van der Waals surface area (Å²) in [6.07, 6.45) is 0.679. The number of rotatable bonds is 6. The van der Waals surface area contributed by atoms with Crippen molar-refractivity contribution >= 4 is 31.7 Å². The van der Waals surface area contributed by atoms with E-state index in [4.69, 9.17) is 0 Å². The fraction of sp³-hybridized carbons (Fsp3) is 0.120. The summed E-state index contributed by atoms with van der Waals surface area (Å²) in [5.74, 6) is -0.0222. The molecule has 1 aliphatic rings. The van der Waals surface area contributed by atoms with Crippen molar-refractivity contribution in [3.05, 3.63) is 95.3 Å². The van der Waals surface area contributed by atoms with Crippen molar-refractivity contribution in [2.75, 3.05) is 9.44 Å². The third-order valence-corrected chi connectivity index (χ3v) is 8.42. The summed E-state index contributed by atoms with van der Waals surface area (Å²) >= 11 is 0. The van der Waals surface area contributed by atoms with Gasteiger partial charge in [0.15, 0.2) is 0 Å². The summed E-state index contributed by atoms with van der Waals surface area (Å²) in [6.45, 7) is 3.49. The fourth-order valence-electron chi connectivity index (χ4n) is 4.16. The van der Waals surface area contributed by atoms with Crippen molar-refractivity contribution in [2.45, 2.75) is 30.1 Å². The first-order valence-corrected chi connectivity index (χ1v) is 13.8. The third kappa shape index (κ3) is 4.62. The highest BCUT2D eigenvalue weighted by Crippen LogP contribution is 2.37. The molecule has 178 valence electrons. The minimum Gasteiger partial charge on any atom is -0.280 e. The molecule has 0 bridgehead atoms. The Hall–Kier alpha value is -3.76. The molecule has 0 fully saturated rings. The number of aromatic nitrogens is 2. The molecule has 1 heterocycles. The molecule has 0 aliphatic heterocycles. The number of anilines is 2. The zero-order valence-electron chi connectivity index (χ0n) is 19.0. The molecule has 0 saturated carbocycles. The van der Waals surface area contributed by atoms with Gasteiger partial charge in [0, 0.05) is 17.1 Å². The molecule has 5 rings (SSSR count). The highest BCUT2D eigenvalue weighted by atomic mass is 32.2. The third-order valence-electron chi connectivity index (χ3n) is 5.70. The molecule has 4 aromatic rings. The molecule has 0 saturated heterocycles. The van der Waals surface area contributed by atoms with Gasteiger partial charge < -0.3 is 0 Å². The van der Waals surface area contributed by atoms with Gasteiger partial charge in [0.1, 0.15) is 0 Å². The first kappa shape index (κ1) is 23.0. The van der Waals surface area contributed by atoms with Crippen molar-refractivity contribution in [1.82, 2.24) is 9.97 Å². The molecule has 0 atom stereocenters. The number of benzene rings is 3. The van der Waals surface area contributed by atoms with Crippen LogP contribution >= 0.6 is 0 Å². The summed E-state index contributed by atoms with van der Waals surface area (Å²) < 4.78 is 56.3. The topological polar surface area (TPSA) is 118 Å². The molecular weight excluding hydrogens is 484 g/mol. The summed E-state index contributed by atoms with van der Waals surface area (Å²) in [6, 6.07) is 20.3. The number of fused-ring (bicyclic) bond motifs is 3. The van der Waals surface area contributed by atoms with Gasteiger partial charge in [0.05, 0.1) is 9.79 Å². The second-order valence-corrected chi connectivity index (χ2v) is 11.7. The average molecular weight is 507 g/mol. The Balaban J connectivity index is 1.34. The average Bonchev–Trinajstić information content (AvgIpc) is 3.16. The quantitative estimate of drug-likeness (QED) is 0.355. The second-order valence-electron chi connectivity index (χ2n) is 8.36. The van der Waals surface area contributed by atoms with Gasteiger partial charge in [-0.05, 0) is 85.0 Å². The monoisotopic (exact) mass is 506 g/mol. The van der Waals surface area contributed by atoms with Gasteiger partial charge in [-0.25, -0.2) is 31.5 Å². The minimum atomic E-state index is -3.94. The Morgan fingerprint density at radius 2 is 1.26 bits per heavy atom. The second kappa shape index (κ2) is 8.47. The highest BCUT2D eigenvalue weighted by Gasteiger charge is 2.22. The Bertz CT molecular complexity index is 1650. The summed E-state index contributed by atoms with van der Waals surface area (Å²) in [5.41, 5.74) is 5.79. The lowest BCUT2D eigenvalue weighted by molar-refractivity contribution is 0.599. The van der Waals surface area contributed by atoms with Crippen LogP contribution in [0, 0.1) is 13.8 Å². The predicted molar refractivity (Wildman–Crippen MR) is 134 cm³/mol. The fourth-order valence-corrected chi connectivity index (χ4v) is 6.21. The van der Waals surface area contributed by atoms with Crippen molar-refractivity contribution in [3.8, 4) is 11.1 Å². The summed E-state index contributed by atoms with van der Waals surface area (Å²) in [5, 5.41) is 0. The van der Waals surface area contributed by atoms with E-state index in [0.717, 1.165) is 16.7 Å². The zero-order chi connectivity index (χ0) is 24.8. The van der Waals surface area contributed by atoms with Gasteiger partial charge in [0.25, 0.3) is 20.0 Å². The molecule has 10 heteroatoms. The zero-order valence-corrected chi connectivity index (χ0v) is 20.6. The molecule has 0 amide bonds. The predicted octanol–water partition coefficient (Wildman–Crippen LogP) is 4.27. The number of aryl methyl sites for hydroxylation is 2. The molecule has 1 aromatic heterocycles. The largest absolute Gasteiger partial charge is 0.280 e. The molecule has 0 unspecified atom stereocenters. The number of nitrogens with one attached hydrogen (secondary N) is 2. The van der Waals surface area contributed by atoms with Gasteiger partial charge in [-0.1, -0.05) is 30.3 Å². The molecule has 0 spiro atoms. The first-order valence-electron chi connectivity index (χ1n) is 10.8. The van der Waals surface area contributed by atoms with E-state index < -0.39 is 20.0 Å². The van der Waals surface area contributed by atoms with Crippen molar-refractivity contribution in [1.29, 1.82) is 0 Å². The Labute approximate surface area is 204 Å². The highest BCUT2D eigenvalue weighted by molar-refractivity contribution is 7.93. The molecule has 8 nitrogen and oxygen atoms in total. The number of nitrogens with zero attached hydrogens (tertiary/aromatic N) is 2. The van der Waals surface area contributed by atoms with Crippen LogP contribution in [0.5, 0.6) is 0 Å². The van der Waals surface area contributed by atoms with Crippen LogP contribution in [0.15, 0.2) is 82.6 Å². The summed E-state index contributed by atoms with van der Waals surface area (Å²) in [4.78, 5) is 8.28. The Morgan fingerprint density at radius 1 is 0.657 bits per heavy atom. The standard InChI is InChI=1S/C25H22N4O4S2/c1-16-13-17(2)27-25(26-16)29-34(30,31)21-9-7-20(8-10-21)28-35(32,33)22-11-12-24-19(15-22)14-18-5-3-4-6-23(18)24/h3-13,15,28H,14H2,1-2H3,(H,26,27,29). The lowest BCUT2D eigenvalue weighted by atomic mass is 10.1. The number of sulfonamides is 2. The molecule has 0 radical (unpaired) electrons. The van der Waals surface area contributed by atoms with Crippen LogP contribution in [0.25, 0.3) is 11.1 Å². The van der Waals surface area contributed by atoms with Crippen LogP contribution in [0.2, 0.25) is 0 Å². The van der Waals surface area contributed by atoms with E-state index in [1.165, 1.54) is 29.8 Å².